The smallest absolute Gasteiger partial charge is 0.274 e. The third-order valence-corrected chi connectivity index (χ3v) is 3.52. The van der Waals surface area contributed by atoms with Gasteiger partial charge in [-0.15, -0.1) is 0 Å². The van der Waals surface area contributed by atoms with Gasteiger partial charge in [-0.1, -0.05) is 34.1 Å². The van der Waals surface area contributed by atoms with Gasteiger partial charge in [-0.3, -0.25) is 10.1 Å². The maximum absolute atomic E-state index is 11.1. The summed E-state index contributed by atoms with van der Waals surface area (Å²) >= 11 is 3.34. The average Bonchev–Trinajstić information content (AvgIpc) is 2.46. The van der Waals surface area contributed by atoms with E-state index >= 15 is 0 Å². The van der Waals surface area contributed by atoms with Gasteiger partial charge in [-0.05, 0) is 18.2 Å². The topological polar surface area (TPSA) is 64.4 Å². The summed E-state index contributed by atoms with van der Waals surface area (Å²) in [6.07, 6.45) is 0. The first-order chi connectivity index (χ1) is 10.1. The highest BCUT2D eigenvalue weighted by molar-refractivity contribution is 9.10. The number of nitro benzene ring substituents is 1. The van der Waals surface area contributed by atoms with E-state index in [1.165, 1.54) is 6.07 Å². The summed E-state index contributed by atoms with van der Waals surface area (Å²) in [5.41, 5.74) is 2.66. The molecule has 5 nitrogen and oxygen atoms in total. The summed E-state index contributed by atoms with van der Waals surface area (Å²) in [6.45, 7) is 0.861. The minimum Gasteiger partial charge on any atom is -0.380 e. The Kier molecular flexibility index (Phi) is 5.30. The van der Waals surface area contributed by atoms with Crippen LogP contribution in [0.3, 0.4) is 0 Å². The molecule has 0 spiro atoms. The molecule has 2 aromatic carbocycles. The quantitative estimate of drug-likeness (QED) is 0.628. The van der Waals surface area contributed by atoms with E-state index < -0.39 is 0 Å². The van der Waals surface area contributed by atoms with Gasteiger partial charge in [0.1, 0.15) is 0 Å². The van der Waals surface area contributed by atoms with E-state index in [1.807, 2.05) is 24.3 Å². The molecule has 0 atom stereocenters. The number of nitrogens with zero attached hydrogens (tertiary/aromatic N) is 1. The molecule has 0 amide bonds. The zero-order valence-corrected chi connectivity index (χ0v) is 13.1. The molecule has 0 unspecified atom stereocenters. The molecule has 0 heterocycles. The minimum atomic E-state index is -0.371. The summed E-state index contributed by atoms with van der Waals surface area (Å²) < 4.78 is 5.96. The van der Waals surface area contributed by atoms with Crippen molar-refractivity contribution in [3.63, 3.8) is 0 Å². The molecular formula is C15H15BrN2O3. The lowest BCUT2D eigenvalue weighted by Gasteiger charge is -2.12. The fourth-order valence-corrected chi connectivity index (χ4v) is 2.45. The van der Waals surface area contributed by atoms with E-state index in [0.29, 0.717) is 18.7 Å². The van der Waals surface area contributed by atoms with Crippen molar-refractivity contribution in [2.24, 2.45) is 0 Å². The van der Waals surface area contributed by atoms with Gasteiger partial charge in [0.05, 0.1) is 11.5 Å². The Hall–Kier alpha value is -1.92. The van der Waals surface area contributed by atoms with E-state index in [4.69, 9.17) is 4.74 Å². The van der Waals surface area contributed by atoms with Gasteiger partial charge in [0.25, 0.3) is 5.69 Å². The average molecular weight is 351 g/mol. The molecule has 2 rings (SSSR count). The third-order valence-electron chi connectivity index (χ3n) is 3.02. The molecule has 0 bridgehead atoms. The van der Waals surface area contributed by atoms with Gasteiger partial charge in [0.15, 0.2) is 0 Å². The molecule has 110 valence electrons. The number of methoxy groups -OCH3 is 1. The van der Waals surface area contributed by atoms with Gasteiger partial charge in [0.2, 0.25) is 0 Å². The van der Waals surface area contributed by atoms with Crippen LogP contribution >= 0.6 is 15.9 Å². The third kappa shape index (κ3) is 4.03. The van der Waals surface area contributed by atoms with Crippen LogP contribution in [0.1, 0.15) is 11.1 Å². The highest BCUT2D eigenvalue weighted by atomic mass is 79.9. The van der Waals surface area contributed by atoms with Gasteiger partial charge in [0, 0.05) is 41.0 Å². The molecule has 0 saturated heterocycles. The van der Waals surface area contributed by atoms with Crippen molar-refractivity contribution in [3.05, 3.63) is 68.2 Å². The summed E-state index contributed by atoms with van der Waals surface area (Å²) in [5.74, 6) is 0. The lowest BCUT2D eigenvalue weighted by Crippen LogP contribution is -2.05. The molecule has 0 radical (unpaired) electrons. The van der Waals surface area contributed by atoms with Crippen molar-refractivity contribution in [1.82, 2.24) is 0 Å². The molecule has 0 saturated carbocycles. The summed E-state index contributed by atoms with van der Waals surface area (Å²) in [5, 5.41) is 14.3. The maximum Gasteiger partial charge on any atom is 0.274 e. The fourth-order valence-electron chi connectivity index (χ4n) is 2.04. The van der Waals surface area contributed by atoms with Crippen LogP contribution in [0.5, 0.6) is 0 Å². The highest BCUT2D eigenvalue weighted by Crippen LogP contribution is 2.25. The van der Waals surface area contributed by atoms with E-state index in [1.54, 1.807) is 19.2 Å². The van der Waals surface area contributed by atoms with E-state index in [9.17, 15) is 10.1 Å². The predicted molar refractivity (Wildman–Crippen MR) is 85.3 cm³/mol. The molecule has 2 aromatic rings. The van der Waals surface area contributed by atoms with Crippen LogP contribution in [-0.2, 0) is 17.9 Å². The Balaban J connectivity index is 2.20. The first-order valence-corrected chi connectivity index (χ1v) is 7.14. The van der Waals surface area contributed by atoms with E-state index in [0.717, 1.165) is 15.7 Å². The SMILES string of the molecule is COCc1ccccc1NCc1cc(Br)ccc1[N+](=O)[O-]. The number of ether oxygens (including phenoxy) is 1. The number of hydrogen-bond donors (Lipinski definition) is 1. The van der Waals surface area contributed by atoms with Crippen LogP contribution in [0.25, 0.3) is 0 Å². The van der Waals surface area contributed by atoms with Crippen LogP contribution in [0, 0.1) is 10.1 Å². The van der Waals surface area contributed by atoms with Gasteiger partial charge in [-0.25, -0.2) is 0 Å². The largest absolute Gasteiger partial charge is 0.380 e. The van der Waals surface area contributed by atoms with E-state index in [2.05, 4.69) is 21.2 Å². The Morgan fingerprint density at radius 1 is 1.24 bits per heavy atom. The van der Waals surface area contributed by atoms with Crippen LogP contribution in [-0.4, -0.2) is 12.0 Å². The van der Waals surface area contributed by atoms with Gasteiger partial charge in [-0.2, -0.15) is 0 Å². The normalized spacial score (nSPS) is 10.4. The van der Waals surface area contributed by atoms with Crippen molar-refractivity contribution < 1.29 is 9.66 Å². The molecule has 0 aromatic heterocycles. The molecule has 21 heavy (non-hydrogen) atoms. The lowest BCUT2D eigenvalue weighted by atomic mass is 10.1. The summed E-state index contributed by atoms with van der Waals surface area (Å²) in [7, 11) is 1.63. The van der Waals surface area contributed by atoms with Crippen molar-refractivity contribution in [3.8, 4) is 0 Å². The summed E-state index contributed by atoms with van der Waals surface area (Å²) in [6, 6.07) is 12.7. The second-order valence-electron chi connectivity index (χ2n) is 4.47. The fraction of sp³-hybridized carbons (Fsp3) is 0.200. The molecule has 0 fully saturated rings. The number of anilines is 1. The van der Waals surface area contributed by atoms with Gasteiger partial charge < -0.3 is 10.1 Å². The van der Waals surface area contributed by atoms with Crippen molar-refractivity contribution >= 4 is 27.3 Å². The van der Waals surface area contributed by atoms with Gasteiger partial charge >= 0.3 is 0 Å². The van der Waals surface area contributed by atoms with Crippen molar-refractivity contribution in [1.29, 1.82) is 0 Å². The first kappa shape index (κ1) is 15.5. The standard InChI is InChI=1S/C15H15BrN2O3/c1-21-10-11-4-2-3-5-14(11)17-9-12-8-13(16)6-7-15(12)18(19)20/h2-8,17H,9-10H2,1H3. The molecule has 0 aliphatic rings. The number of rotatable bonds is 6. The number of hydrogen-bond acceptors (Lipinski definition) is 4. The molecule has 0 aliphatic carbocycles. The Bertz CT molecular complexity index is 647. The van der Waals surface area contributed by atoms with Crippen molar-refractivity contribution in [2.75, 3.05) is 12.4 Å². The second kappa shape index (κ2) is 7.19. The lowest BCUT2D eigenvalue weighted by molar-refractivity contribution is -0.385. The molecule has 6 heteroatoms. The predicted octanol–water partition coefficient (Wildman–Crippen LogP) is 4.12. The zero-order valence-electron chi connectivity index (χ0n) is 11.5. The number of nitro groups is 1. The molecular weight excluding hydrogens is 336 g/mol. The Morgan fingerprint density at radius 3 is 2.71 bits per heavy atom. The van der Waals surface area contributed by atoms with Crippen molar-refractivity contribution in [2.45, 2.75) is 13.2 Å². The highest BCUT2D eigenvalue weighted by Gasteiger charge is 2.13. The Labute approximate surface area is 131 Å². The zero-order chi connectivity index (χ0) is 15.2. The minimum absolute atomic E-state index is 0.106. The van der Waals surface area contributed by atoms with Crippen LogP contribution in [0.2, 0.25) is 0 Å². The number of halogens is 1. The van der Waals surface area contributed by atoms with Crippen LogP contribution in [0.4, 0.5) is 11.4 Å². The molecule has 1 N–H and O–H groups in total. The van der Waals surface area contributed by atoms with Crippen LogP contribution in [0.15, 0.2) is 46.9 Å². The second-order valence-corrected chi connectivity index (χ2v) is 5.39. The number of benzene rings is 2. The maximum atomic E-state index is 11.1. The van der Waals surface area contributed by atoms with E-state index in [-0.39, 0.29) is 10.6 Å². The summed E-state index contributed by atoms with van der Waals surface area (Å²) in [4.78, 5) is 10.7. The van der Waals surface area contributed by atoms with Crippen LogP contribution < -0.4 is 5.32 Å². The Morgan fingerprint density at radius 2 is 2.00 bits per heavy atom. The molecule has 0 aliphatic heterocycles. The first-order valence-electron chi connectivity index (χ1n) is 6.35. The monoisotopic (exact) mass is 350 g/mol. The number of para-hydroxylation sites is 1. The number of nitrogens with one attached hydrogen (secondary N) is 1.